The maximum absolute atomic E-state index is 11.9. The Balaban J connectivity index is 2.56. The molecular formula is C12H20N4O4. The van der Waals surface area contributed by atoms with Crippen LogP contribution in [0.5, 0.6) is 0 Å². The number of rotatable bonds is 7. The Morgan fingerprint density at radius 1 is 1.55 bits per heavy atom. The first kappa shape index (κ1) is 16.0. The number of amides is 2. The number of carboxylic acid groups (broad SMARTS) is 1. The zero-order valence-electron chi connectivity index (χ0n) is 11.9. The fraction of sp³-hybridized carbons (Fsp3) is 0.583. The minimum atomic E-state index is -1.06. The van der Waals surface area contributed by atoms with Gasteiger partial charge in [-0.2, -0.15) is 5.10 Å². The van der Waals surface area contributed by atoms with E-state index in [1.54, 1.807) is 11.7 Å². The molecule has 0 radical (unpaired) electrons. The summed E-state index contributed by atoms with van der Waals surface area (Å²) >= 11 is 0. The second-order valence-electron chi connectivity index (χ2n) is 4.38. The number of aromatic nitrogens is 2. The van der Waals surface area contributed by atoms with Gasteiger partial charge in [-0.3, -0.25) is 9.48 Å². The Bertz CT molecular complexity index is 472. The third-order valence-electron chi connectivity index (χ3n) is 2.72. The molecule has 0 atom stereocenters. The minimum absolute atomic E-state index is 0.223. The van der Waals surface area contributed by atoms with Crippen molar-refractivity contribution < 1.29 is 19.4 Å². The summed E-state index contributed by atoms with van der Waals surface area (Å²) in [5.41, 5.74) is 1.72. The van der Waals surface area contributed by atoms with Crippen LogP contribution in [0.15, 0.2) is 6.20 Å². The Morgan fingerprint density at radius 3 is 2.75 bits per heavy atom. The van der Waals surface area contributed by atoms with E-state index >= 15 is 0 Å². The third-order valence-corrected chi connectivity index (χ3v) is 2.72. The van der Waals surface area contributed by atoms with Gasteiger partial charge in [-0.15, -0.1) is 0 Å². The van der Waals surface area contributed by atoms with Crippen molar-refractivity contribution in [2.24, 2.45) is 7.05 Å². The maximum Gasteiger partial charge on any atom is 0.323 e. The fourth-order valence-corrected chi connectivity index (χ4v) is 1.72. The molecule has 0 aromatic carbocycles. The van der Waals surface area contributed by atoms with Gasteiger partial charge in [0, 0.05) is 39.0 Å². The van der Waals surface area contributed by atoms with Crippen LogP contribution in [0, 0.1) is 6.92 Å². The van der Waals surface area contributed by atoms with Crippen molar-refractivity contribution in [3.05, 3.63) is 17.5 Å². The molecule has 8 heteroatoms. The zero-order valence-corrected chi connectivity index (χ0v) is 11.9. The van der Waals surface area contributed by atoms with Gasteiger partial charge < -0.3 is 20.1 Å². The smallest absolute Gasteiger partial charge is 0.323 e. The second-order valence-corrected chi connectivity index (χ2v) is 4.38. The van der Waals surface area contributed by atoms with Gasteiger partial charge in [0.05, 0.1) is 12.3 Å². The highest BCUT2D eigenvalue weighted by Crippen LogP contribution is 2.04. The number of nitrogens with one attached hydrogen (secondary N) is 1. The predicted molar refractivity (Wildman–Crippen MR) is 71.3 cm³/mol. The molecule has 0 unspecified atom stereocenters. The van der Waals surface area contributed by atoms with Crippen LogP contribution >= 0.6 is 0 Å². The van der Waals surface area contributed by atoms with Gasteiger partial charge in [-0.1, -0.05) is 0 Å². The van der Waals surface area contributed by atoms with Gasteiger partial charge in [0.1, 0.15) is 6.54 Å². The second kappa shape index (κ2) is 7.49. The van der Waals surface area contributed by atoms with Crippen LogP contribution in [0.4, 0.5) is 4.79 Å². The molecule has 0 saturated heterocycles. The summed E-state index contributed by atoms with van der Waals surface area (Å²) in [6.07, 6.45) is 1.81. The lowest BCUT2D eigenvalue weighted by Crippen LogP contribution is -2.44. The Morgan fingerprint density at radius 2 is 2.25 bits per heavy atom. The van der Waals surface area contributed by atoms with E-state index in [9.17, 15) is 9.59 Å². The number of ether oxygens (including phenoxy) is 1. The zero-order chi connectivity index (χ0) is 15.1. The van der Waals surface area contributed by atoms with Crippen LogP contribution in [0.2, 0.25) is 0 Å². The highest BCUT2D eigenvalue weighted by Gasteiger charge is 2.16. The molecule has 0 spiro atoms. The molecule has 0 fully saturated rings. The molecule has 0 aliphatic heterocycles. The summed E-state index contributed by atoms with van der Waals surface area (Å²) in [6.45, 7) is 2.30. The van der Waals surface area contributed by atoms with Crippen molar-refractivity contribution in [3.63, 3.8) is 0 Å². The number of hydrogen-bond donors (Lipinski definition) is 2. The van der Waals surface area contributed by atoms with Crippen LogP contribution in [0.25, 0.3) is 0 Å². The Kier molecular flexibility index (Phi) is 5.98. The van der Waals surface area contributed by atoms with Crippen molar-refractivity contribution in [2.45, 2.75) is 13.5 Å². The van der Waals surface area contributed by atoms with Crippen LogP contribution in [-0.4, -0.2) is 58.6 Å². The average molecular weight is 284 g/mol. The standard InChI is InChI=1S/C12H20N4O4/c1-9-10(7-15(2)14-9)6-13-12(19)16(4-5-20-3)8-11(17)18/h7H,4-6,8H2,1-3H3,(H,13,19)(H,17,18). The highest BCUT2D eigenvalue weighted by atomic mass is 16.5. The summed E-state index contributed by atoms with van der Waals surface area (Å²) in [7, 11) is 3.30. The van der Waals surface area contributed by atoms with E-state index in [-0.39, 0.29) is 19.7 Å². The predicted octanol–water partition coefficient (Wildman–Crippen LogP) is -0.0289. The van der Waals surface area contributed by atoms with Gasteiger partial charge in [-0.25, -0.2) is 4.79 Å². The van der Waals surface area contributed by atoms with Crippen molar-refractivity contribution in [1.29, 1.82) is 0 Å². The van der Waals surface area contributed by atoms with Gasteiger partial charge in [0.25, 0.3) is 0 Å². The molecule has 0 bridgehead atoms. The first-order chi connectivity index (χ1) is 9.43. The number of urea groups is 1. The quantitative estimate of drug-likeness (QED) is 0.733. The molecule has 1 rings (SSSR count). The molecule has 0 aliphatic carbocycles. The molecule has 2 N–H and O–H groups in total. The summed E-state index contributed by atoms with van der Waals surface area (Å²) in [4.78, 5) is 23.9. The molecule has 0 aliphatic rings. The van der Waals surface area contributed by atoms with Crippen molar-refractivity contribution in [1.82, 2.24) is 20.0 Å². The molecule has 8 nitrogen and oxygen atoms in total. The van der Waals surface area contributed by atoms with E-state index in [0.717, 1.165) is 11.3 Å². The van der Waals surface area contributed by atoms with E-state index in [0.29, 0.717) is 6.54 Å². The lowest BCUT2D eigenvalue weighted by molar-refractivity contribution is -0.137. The minimum Gasteiger partial charge on any atom is -0.480 e. The summed E-state index contributed by atoms with van der Waals surface area (Å²) < 4.78 is 6.52. The largest absolute Gasteiger partial charge is 0.480 e. The number of methoxy groups -OCH3 is 1. The Labute approximate surface area is 117 Å². The molecule has 20 heavy (non-hydrogen) atoms. The maximum atomic E-state index is 11.9. The lowest BCUT2D eigenvalue weighted by atomic mass is 10.3. The van der Waals surface area contributed by atoms with Crippen LogP contribution in [0.1, 0.15) is 11.3 Å². The Hall–Kier alpha value is -2.09. The van der Waals surface area contributed by atoms with Gasteiger partial charge in [0.2, 0.25) is 0 Å². The van der Waals surface area contributed by atoms with Gasteiger partial charge in [0.15, 0.2) is 0 Å². The molecule has 0 saturated carbocycles. The first-order valence-corrected chi connectivity index (χ1v) is 6.16. The number of aryl methyl sites for hydroxylation is 2. The van der Waals surface area contributed by atoms with E-state index in [1.165, 1.54) is 12.0 Å². The van der Waals surface area contributed by atoms with Crippen LogP contribution in [0.3, 0.4) is 0 Å². The summed E-state index contributed by atoms with van der Waals surface area (Å²) in [5, 5.41) is 15.6. The molecule has 1 heterocycles. The number of nitrogens with zero attached hydrogens (tertiary/aromatic N) is 3. The van der Waals surface area contributed by atoms with Crippen molar-refractivity contribution in [2.75, 3.05) is 26.8 Å². The van der Waals surface area contributed by atoms with E-state index in [1.807, 2.05) is 13.1 Å². The van der Waals surface area contributed by atoms with E-state index in [2.05, 4.69) is 10.4 Å². The monoisotopic (exact) mass is 284 g/mol. The number of carboxylic acids is 1. The number of hydrogen-bond acceptors (Lipinski definition) is 4. The van der Waals surface area contributed by atoms with Crippen LogP contribution < -0.4 is 5.32 Å². The molecule has 1 aromatic heterocycles. The normalized spacial score (nSPS) is 10.3. The molecular weight excluding hydrogens is 264 g/mol. The number of carbonyl (C=O) groups is 2. The number of carbonyl (C=O) groups excluding carboxylic acids is 1. The topological polar surface area (TPSA) is 96.7 Å². The third kappa shape index (κ3) is 4.88. The fourth-order valence-electron chi connectivity index (χ4n) is 1.72. The molecule has 1 aromatic rings. The van der Waals surface area contributed by atoms with Crippen molar-refractivity contribution >= 4 is 12.0 Å². The number of aliphatic carboxylic acids is 1. The van der Waals surface area contributed by atoms with E-state index in [4.69, 9.17) is 9.84 Å². The molecule has 2 amide bonds. The lowest BCUT2D eigenvalue weighted by Gasteiger charge is -2.20. The van der Waals surface area contributed by atoms with Gasteiger partial charge in [-0.05, 0) is 6.92 Å². The van der Waals surface area contributed by atoms with Crippen LogP contribution in [-0.2, 0) is 23.1 Å². The summed E-state index contributed by atoms with van der Waals surface area (Å²) in [5.74, 6) is -1.06. The molecule has 112 valence electrons. The highest BCUT2D eigenvalue weighted by molar-refractivity contribution is 5.80. The average Bonchev–Trinajstić information content (AvgIpc) is 2.69. The van der Waals surface area contributed by atoms with Gasteiger partial charge >= 0.3 is 12.0 Å². The summed E-state index contributed by atoms with van der Waals surface area (Å²) in [6, 6.07) is -0.437. The SMILES string of the molecule is COCCN(CC(=O)O)C(=O)NCc1cn(C)nc1C. The first-order valence-electron chi connectivity index (χ1n) is 6.16. The van der Waals surface area contributed by atoms with E-state index < -0.39 is 12.0 Å². The van der Waals surface area contributed by atoms with Crippen molar-refractivity contribution in [3.8, 4) is 0 Å².